The molecule has 0 aliphatic carbocycles. The molecule has 0 fully saturated rings. The number of ether oxygens (including phenoxy) is 1. The van der Waals surface area contributed by atoms with Crippen LogP contribution in [0.25, 0.3) is 0 Å². The predicted molar refractivity (Wildman–Crippen MR) is 77.0 cm³/mol. The molecule has 0 aliphatic heterocycles. The monoisotopic (exact) mass is 250 g/mol. The van der Waals surface area contributed by atoms with Crippen LogP contribution in [0.4, 0.5) is 0 Å². The first-order valence-electron chi connectivity index (χ1n) is 6.34. The fourth-order valence-corrected chi connectivity index (χ4v) is 2.18. The van der Waals surface area contributed by atoms with E-state index in [9.17, 15) is 0 Å². The summed E-state index contributed by atoms with van der Waals surface area (Å²) in [7, 11) is 5.88. The molecule has 1 rings (SSSR count). The van der Waals surface area contributed by atoms with E-state index in [2.05, 4.69) is 51.9 Å². The second kappa shape index (κ2) is 5.72. The lowest BCUT2D eigenvalue weighted by Crippen LogP contribution is -2.37. The lowest BCUT2D eigenvalue weighted by atomic mass is 9.90. The third kappa shape index (κ3) is 4.00. The van der Waals surface area contributed by atoms with E-state index in [1.807, 2.05) is 6.07 Å². The molecule has 0 aliphatic rings. The normalized spacial score (nSPS) is 13.8. The summed E-state index contributed by atoms with van der Waals surface area (Å²) in [6.45, 7) is 6.22. The minimum atomic E-state index is -0.205. The maximum atomic E-state index is 6.17. The summed E-state index contributed by atoms with van der Waals surface area (Å²) >= 11 is 0. The quantitative estimate of drug-likeness (QED) is 0.873. The second-order valence-electron chi connectivity index (χ2n) is 5.92. The Kier molecular flexibility index (Phi) is 4.77. The summed E-state index contributed by atoms with van der Waals surface area (Å²) in [6.07, 6.45) is 0.889. The summed E-state index contributed by atoms with van der Waals surface area (Å²) in [5.74, 6) is 0.934. The number of nitrogens with zero attached hydrogens (tertiary/aromatic N) is 1. The maximum Gasteiger partial charge on any atom is 0.123 e. The van der Waals surface area contributed by atoms with Gasteiger partial charge in [0.2, 0.25) is 0 Å². The van der Waals surface area contributed by atoms with Crippen LogP contribution in [0.15, 0.2) is 18.2 Å². The van der Waals surface area contributed by atoms with E-state index in [1.165, 1.54) is 11.1 Å². The van der Waals surface area contributed by atoms with Crippen molar-refractivity contribution in [3.8, 4) is 5.75 Å². The number of hydrogen-bond acceptors (Lipinski definition) is 3. The minimum Gasteiger partial charge on any atom is -0.496 e. The van der Waals surface area contributed by atoms with Crippen molar-refractivity contribution in [2.45, 2.75) is 38.8 Å². The second-order valence-corrected chi connectivity index (χ2v) is 5.92. The highest BCUT2D eigenvalue weighted by atomic mass is 16.5. The van der Waals surface area contributed by atoms with Gasteiger partial charge in [0.15, 0.2) is 0 Å². The van der Waals surface area contributed by atoms with Gasteiger partial charge in [0, 0.05) is 17.1 Å². The Labute approximate surface area is 111 Å². The highest BCUT2D eigenvalue weighted by molar-refractivity contribution is 5.39. The molecule has 0 saturated heterocycles. The molecule has 0 bridgehead atoms. The van der Waals surface area contributed by atoms with E-state index < -0.39 is 0 Å². The van der Waals surface area contributed by atoms with Crippen LogP contribution >= 0.6 is 0 Å². The Hall–Kier alpha value is -1.06. The third-order valence-corrected chi connectivity index (χ3v) is 3.09. The van der Waals surface area contributed by atoms with E-state index in [-0.39, 0.29) is 11.6 Å². The Balaban J connectivity index is 3.16. The molecule has 3 nitrogen and oxygen atoms in total. The van der Waals surface area contributed by atoms with Gasteiger partial charge in [-0.15, -0.1) is 0 Å². The van der Waals surface area contributed by atoms with Crippen LogP contribution in [-0.2, 0) is 0 Å². The number of benzene rings is 1. The van der Waals surface area contributed by atoms with E-state index in [0.29, 0.717) is 0 Å². The molecule has 1 atom stereocenters. The topological polar surface area (TPSA) is 38.5 Å². The highest BCUT2D eigenvalue weighted by Gasteiger charge is 2.24. The van der Waals surface area contributed by atoms with Gasteiger partial charge in [0.05, 0.1) is 7.11 Å². The van der Waals surface area contributed by atoms with Crippen molar-refractivity contribution in [3.05, 3.63) is 29.3 Å². The Morgan fingerprint density at radius 3 is 2.39 bits per heavy atom. The summed E-state index contributed by atoms with van der Waals surface area (Å²) in [5.41, 5.74) is 8.42. The predicted octanol–water partition coefficient (Wildman–Crippen LogP) is 2.73. The van der Waals surface area contributed by atoms with Gasteiger partial charge in [0.1, 0.15) is 5.75 Å². The lowest BCUT2D eigenvalue weighted by molar-refractivity contribution is 0.237. The molecule has 0 spiro atoms. The van der Waals surface area contributed by atoms with Crippen LogP contribution in [-0.4, -0.2) is 31.6 Å². The van der Waals surface area contributed by atoms with E-state index in [1.54, 1.807) is 7.11 Å². The van der Waals surface area contributed by atoms with Crippen molar-refractivity contribution in [2.24, 2.45) is 5.73 Å². The molecule has 102 valence electrons. The zero-order valence-electron chi connectivity index (χ0n) is 12.4. The molecule has 0 aromatic heterocycles. The highest BCUT2D eigenvalue weighted by Crippen LogP contribution is 2.33. The first-order valence-corrected chi connectivity index (χ1v) is 6.34. The molecular weight excluding hydrogens is 224 g/mol. The molecule has 2 N–H and O–H groups in total. The summed E-state index contributed by atoms with van der Waals surface area (Å²) in [4.78, 5) is 2.20. The molecule has 18 heavy (non-hydrogen) atoms. The first kappa shape index (κ1) is 15.0. The molecule has 0 heterocycles. The van der Waals surface area contributed by atoms with Gasteiger partial charge in [-0.05, 0) is 47.4 Å². The van der Waals surface area contributed by atoms with Gasteiger partial charge in [-0.2, -0.15) is 0 Å². The van der Waals surface area contributed by atoms with Crippen molar-refractivity contribution < 1.29 is 4.74 Å². The molecule has 0 radical (unpaired) electrons. The van der Waals surface area contributed by atoms with Crippen molar-refractivity contribution >= 4 is 0 Å². The van der Waals surface area contributed by atoms with Crippen LogP contribution in [0.3, 0.4) is 0 Å². The van der Waals surface area contributed by atoms with Crippen LogP contribution in [0.1, 0.15) is 37.4 Å². The zero-order valence-corrected chi connectivity index (χ0v) is 12.4. The molecule has 1 aromatic rings. The van der Waals surface area contributed by atoms with Gasteiger partial charge in [0.25, 0.3) is 0 Å². The summed E-state index contributed by atoms with van der Waals surface area (Å²) in [5, 5.41) is 0. The van der Waals surface area contributed by atoms with E-state index in [4.69, 9.17) is 10.5 Å². The number of hydrogen-bond donors (Lipinski definition) is 1. The van der Waals surface area contributed by atoms with Crippen LogP contribution in [0.2, 0.25) is 0 Å². The number of nitrogens with two attached hydrogens (primary N) is 1. The van der Waals surface area contributed by atoms with Gasteiger partial charge in [-0.25, -0.2) is 0 Å². The number of rotatable bonds is 5. The standard InChI is InChI=1S/C15H26N2O/c1-11-7-8-14(18-6)12(9-11)13(17(4)5)10-15(2,3)16/h7-9,13H,10,16H2,1-6H3. The fraction of sp³-hybridized carbons (Fsp3) is 0.600. The number of methoxy groups -OCH3 is 1. The molecule has 3 heteroatoms. The zero-order chi connectivity index (χ0) is 13.9. The first-order chi connectivity index (χ1) is 8.24. The van der Waals surface area contributed by atoms with Crippen LogP contribution < -0.4 is 10.5 Å². The Morgan fingerprint density at radius 1 is 1.33 bits per heavy atom. The van der Waals surface area contributed by atoms with Crippen molar-refractivity contribution in [1.82, 2.24) is 4.90 Å². The van der Waals surface area contributed by atoms with Crippen LogP contribution in [0, 0.1) is 6.92 Å². The number of aryl methyl sites for hydroxylation is 1. The molecule has 1 unspecified atom stereocenters. The maximum absolute atomic E-state index is 6.17. The fourth-order valence-electron chi connectivity index (χ4n) is 2.18. The van der Waals surface area contributed by atoms with Crippen molar-refractivity contribution in [3.63, 3.8) is 0 Å². The largest absolute Gasteiger partial charge is 0.496 e. The van der Waals surface area contributed by atoms with Gasteiger partial charge >= 0.3 is 0 Å². The Morgan fingerprint density at radius 2 is 1.94 bits per heavy atom. The summed E-state index contributed by atoms with van der Waals surface area (Å²) < 4.78 is 5.48. The van der Waals surface area contributed by atoms with Crippen molar-refractivity contribution in [1.29, 1.82) is 0 Å². The minimum absolute atomic E-state index is 0.205. The average molecular weight is 250 g/mol. The smallest absolute Gasteiger partial charge is 0.123 e. The van der Waals surface area contributed by atoms with Gasteiger partial charge in [-0.3, -0.25) is 0 Å². The summed E-state index contributed by atoms with van der Waals surface area (Å²) in [6, 6.07) is 6.56. The van der Waals surface area contributed by atoms with E-state index >= 15 is 0 Å². The van der Waals surface area contributed by atoms with E-state index in [0.717, 1.165) is 12.2 Å². The van der Waals surface area contributed by atoms with Gasteiger partial charge < -0.3 is 15.4 Å². The molecule has 0 amide bonds. The molecule has 1 aromatic carbocycles. The molecule has 0 saturated carbocycles. The third-order valence-electron chi connectivity index (χ3n) is 3.09. The lowest BCUT2D eigenvalue weighted by Gasteiger charge is -2.32. The van der Waals surface area contributed by atoms with Crippen LogP contribution in [0.5, 0.6) is 5.75 Å². The van der Waals surface area contributed by atoms with Gasteiger partial charge in [-0.1, -0.05) is 17.7 Å². The molecular formula is C15H26N2O. The SMILES string of the molecule is COc1ccc(C)cc1C(CC(C)(C)N)N(C)C. The average Bonchev–Trinajstić information content (AvgIpc) is 2.24. The van der Waals surface area contributed by atoms with Crippen molar-refractivity contribution in [2.75, 3.05) is 21.2 Å². The Bertz CT molecular complexity index is 394.